The second-order valence-corrected chi connectivity index (χ2v) is 5.02. The van der Waals surface area contributed by atoms with Crippen molar-refractivity contribution >= 4 is 5.52 Å². The molecule has 3 aromatic heterocycles. The molecule has 0 spiro atoms. The van der Waals surface area contributed by atoms with Gasteiger partial charge in [0.2, 0.25) is 5.88 Å². The minimum atomic E-state index is -0.446. The van der Waals surface area contributed by atoms with E-state index in [1.807, 2.05) is 19.3 Å². The lowest BCUT2D eigenvalue weighted by Gasteiger charge is -2.08. The third-order valence-corrected chi connectivity index (χ3v) is 3.48. The Labute approximate surface area is 130 Å². The van der Waals surface area contributed by atoms with E-state index < -0.39 is 5.82 Å². The molecule has 3 heterocycles. The molecule has 0 amide bonds. The molecule has 4 rings (SSSR count). The van der Waals surface area contributed by atoms with E-state index in [4.69, 9.17) is 4.74 Å². The molecule has 0 bridgehead atoms. The molecule has 0 radical (unpaired) electrons. The van der Waals surface area contributed by atoms with Gasteiger partial charge in [0, 0.05) is 30.6 Å². The molecule has 0 saturated heterocycles. The number of aryl methyl sites for hydroxylation is 1. The van der Waals surface area contributed by atoms with Crippen molar-refractivity contribution in [3.8, 4) is 22.8 Å². The molecular formula is C16H12FN5O. The molecule has 0 N–H and O–H groups in total. The van der Waals surface area contributed by atoms with Crippen LogP contribution in [0.4, 0.5) is 4.39 Å². The first-order valence-electron chi connectivity index (χ1n) is 6.96. The quantitative estimate of drug-likeness (QED) is 0.583. The fourth-order valence-corrected chi connectivity index (χ4v) is 2.43. The number of nitrogens with zero attached hydrogens (tertiary/aromatic N) is 5. The largest absolute Gasteiger partial charge is 0.434 e. The van der Waals surface area contributed by atoms with E-state index in [1.165, 1.54) is 12.4 Å². The van der Waals surface area contributed by atoms with E-state index in [1.54, 1.807) is 39.8 Å². The van der Waals surface area contributed by atoms with Crippen LogP contribution in [0.1, 0.15) is 0 Å². The van der Waals surface area contributed by atoms with Crippen LogP contribution in [-0.4, -0.2) is 24.4 Å². The van der Waals surface area contributed by atoms with Gasteiger partial charge in [-0.25, -0.2) is 8.91 Å². The highest BCUT2D eigenvalue weighted by atomic mass is 19.1. The lowest BCUT2D eigenvalue weighted by molar-refractivity contribution is 0.428. The molecule has 0 unspecified atom stereocenters. The van der Waals surface area contributed by atoms with Crippen molar-refractivity contribution < 1.29 is 9.13 Å². The molecule has 114 valence electrons. The van der Waals surface area contributed by atoms with E-state index in [9.17, 15) is 4.39 Å². The molecule has 0 aliphatic carbocycles. The average Bonchev–Trinajstić information content (AvgIpc) is 3.16. The number of hydrogen-bond acceptors (Lipinski definition) is 4. The fraction of sp³-hybridized carbons (Fsp3) is 0.0625. The van der Waals surface area contributed by atoms with Crippen molar-refractivity contribution in [1.82, 2.24) is 24.4 Å². The predicted molar refractivity (Wildman–Crippen MR) is 81.7 cm³/mol. The van der Waals surface area contributed by atoms with Gasteiger partial charge in [-0.1, -0.05) is 12.1 Å². The summed E-state index contributed by atoms with van der Waals surface area (Å²) in [6.45, 7) is 0. The van der Waals surface area contributed by atoms with Gasteiger partial charge >= 0.3 is 0 Å². The summed E-state index contributed by atoms with van der Waals surface area (Å²) in [7, 11) is 1.84. The van der Waals surface area contributed by atoms with Gasteiger partial charge in [-0.15, -0.1) is 0 Å². The highest BCUT2D eigenvalue weighted by Gasteiger charge is 2.15. The minimum Gasteiger partial charge on any atom is -0.434 e. The van der Waals surface area contributed by atoms with Gasteiger partial charge in [0.15, 0.2) is 11.6 Å². The normalized spacial score (nSPS) is 11.0. The van der Waals surface area contributed by atoms with Crippen LogP contribution < -0.4 is 4.74 Å². The van der Waals surface area contributed by atoms with Crippen LogP contribution in [0.2, 0.25) is 0 Å². The molecule has 4 aromatic rings. The van der Waals surface area contributed by atoms with Crippen LogP contribution in [-0.2, 0) is 7.05 Å². The third kappa shape index (κ3) is 2.32. The monoisotopic (exact) mass is 309 g/mol. The highest BCUT2D eigenvalue weighted by Crippen LogP contribution is 2.32. The fourth-order valence-electron chi connectivity index (χ4n) is 2.43. The number of halogens is 1. The van der Waals surface area contributed by atoms with Crippen molar-refractivity contribution in [2.45, 2.75) is 0 Å². The Morgan fingerprint density at radius 2 is 2.00 bits per heavy atom. The number of fused-ring (bicyclic) bond motifs is 1. The smallest absolute Gasteiger partial charge is 0.247 e. The van der Waals surface area contributed by atoms with Crippen molar-refractivity contribution in [3.05, 3.63) is 61.1 Å². The molecule has 0 fully saturated rings. The molecule has 0 aliphatic rings. The zero-order valence-corrected chi connectivity index (χ0v) is 12.2. The number of benzene rings is 1. The van der Waals surface area contributed by atoms with Gasteiger partial charge in [0.1, 0.15) is 11.8 Å². The van der Waals surface area contributed by atoms with E-state index in [-0.39, 0.29) is 11.6 Å². The summed E-state index contributed by atoms with van der Waals surface area (Å²) in [5.41, 5.74) is 2.43. The Kier molecular flexibility index (Phi) is 3.04. The van der Waals surface area contributed by atoms with Crippen LogP contribution in [0.3, 0.4) is 0 Å². The molecule has 0 saturated carbocycles. The van der Waals surface area contributed by atoms with Crippen LogP contribution >= 0.6 is 0 Å². The van der Waals surface area contributed by atoms with Crippen molar-refractivity contribution in [2.24, 2.45) is 7.05 Å². The molecule has 23 heavy (non-hydrogen) atoms. The number of aromatic nitrogens is 5. The summed E-state index contributed by atoms with van der Waals surface area (Å²) in [6, 6.07) is 8.11. The van der Waals surface area contributed by atoms with Crippen LogP contribution in [0.15, 0.2) is 55.2 Å². The van der Waals surface area contributed by atoms with E-state index >= 15 is 0 Å². The van der Waals surface area contributed by atoms with Crippen molar-refractivity contribution in [3.63, 3.8) is 0 Å². The van der Waals surface area contributed by atoms with Gasteiger partial charge in [-0.05, 0) is 18.2 Å². The number of rotatable bonds is 3. The molecule has 6 nitrogen and oxygen atoms in total. The van der Waals surface area contributed by atoms with Gasteiger partial charge in [0.05, 0.1) is 6.20 Å². The predicted octanol–water partition coefficient (Wildman–Crippen LogP) is 3.06. The first-order chi connectivity index (χ1) is 11.2. The summed E-state index contributed by atoms with van der Waals surface area (Å²) in [5.74, 6) is -0.0425. The molecular weight excluding hydrogens is 297 g/mol. The van der Waals surface area contributed by atoms with Crippen LogP contribution in [0.5, 0.6) is 11.6 Å². The maximum Gasteiger partial charge on any atom is 0.247 e. The van der Waals surface area contributed by atoms with Crippen molar-refractivity contribution in [1.29, 1.82) is 0 Å². The molecule has 0 atom stereocenters. The molecule has 0 aliphatic heterocycles. The van der Waals surface area contributed by atoms with Crippen LogP contribution in [0.25, 0.3) is 16.6 Å². The number of ether oxygens (including phenoxy) is 1. The van der Waals surface area contributed by atoms with Crippen molar-refractivity contribution in [2.75, 3.05) is 0 Å². The maximum atomic E-state index is 13.8. The summed E-state index contributed by atoms with van der Waals surface area (Å²) in [5, 5.41) is 8.34. The summed E-state index contributed by atoms with van der Waals surface area (Å²) in [6.07, 6.45) is 6.80. The van der Waals surface area contributed by atoms with Crippen LogP contribution in [0, 0.1) is 5.82 Å². The third-order valence-electron chi connectivity index (χ3n) is 3.48. The Bertz CT molecular complexity index is 991. The van der Waals surface area contributed by atoms with E-state index in [0.717, 1.165) is 11.1 Å². The maximum absolute atomic E-state index is 13.8. The Hall–Kier alpha value is -3.22. The van der Waals surface area contributed by atoms with E-state index in [0.29, 0.717) is 5.52 Å². The standard InChI is InChI=1S/C16H12FN5O/c1-21-9-11(8-19-21)12-6-7-22-15(12)16(18-10-20-22)23-14-5-3-2-4-13(14)17/h2-10H,1H3. The van der Waals surface area contributed by atoms with Gasteiger partial charge in [-0.2, -0.15) is 15.2 Å². The zero-order valence-electron chi connectivity index (χ0n) is 12.2. The molecule has 7 heteroatoms. The second kappa shape index (κ2) is 5.20. The SMILES string of the molecule is Cn1cc(-c2ccn3ncnc(Oc4ccccc4F)c23)cn1. The zero-order chi connectivity index (χ0) is 15.8. The Balaban J connectivity index is 1.87. The Morgan fingerprint density at radius 1 is 1.13 bits per heavy atom. The second-order valence-electron chi connectivity index (χ2n) is 5.02. The summed E-state index contributed by atoms with van der Waals surface area (Å²) >= 11 is 0. The Morgan fingerprint density at radius 3 is 2.78 bits per heavy atom. The van der Waals surface area contributed by atoms with Gasteiger partial charge < -0.3 is 4.74 Å². The topological polar surface area (TPSA) is 57.2 Å². The number of hydrogen-bond donors (Lipinski definition) is 0. The number of para-hydroxylation sites is 1. The first kappa shape index (κ1) is 13.4. The lowest BCUT2D eigenvalue weighted by Crippen LogP contribution is -1.97. The van der Waals surface area contributed by atoms with Gasteiger partial charge in [-0.3, -0.25) is 4.68 Å². The molecule has 1 aromatic carbocycles. The lowest BCUT2D eigenvalue weighted by atomic mass is 10.1. The van der Waals surface area contributed by atoms with Gasteiger partial charge in [0.25, 0.3) is 0 Å². The minimum absolute atomic E-state index is 0.117. The highest BCUT2D eigenvalue weighted by molar-refractivity contribution is 5.83. The summed E-state index contributed by atoms with van der Waals surface area (Å²) in [4.78, 5) is 4.16. The first-order valence-corrected chi connectivity index (χ1v) is 6.96. The average molecular weight is 309 g/mol. The summed E-state index contributed by atoms with van der Waals surface area (Å²) < 4.78 is 22.9. The van der Waals surface area contributed by atoms with E-state index in [2.05, 4.69) is 15.2 Å².